The lowest BCUT2D eigenvalue weighted by Gasteiger charge is -2.25. The predicted octanol–water partition coefficient (Wildman–Crippen LogP) is 2.88. The molecule has 0 radical (unpaired) electrons. The number of ether oxygens (including phenoxy) is 1. The summed E-state index contributed by atoms with van der Waals surface area (Å²) in [5.41, 5.74) is 0.197. The van der Waals surface area contributed by atoms with Gasteiger partial charge in [0.1, 0.15) is 5.69 Å². The van der Waals surface area contributed by atoms with Crippen molar-refractivity contribution in [2.45, 2.75) is 6.42 Å². The van der Waals surface area contributed by atoms with E-state index in [1.165, 1.54) is 0 Å². The molecule has 0 aromatic heterocycles. The van der Waals surface area contributed by atoms with Gasteiger partial charge in [-0.05, 0) is 30.7 Å². The summed E-state index contributed by atoms with van der Waals surface area (Å²) in [5, 5.41) is 31.9. The van der Waals surface area contributed by atoms with Crippen molar-refractivity contribution in [2.24, 2.45) is 0 Å². The average molecular weight is 425 g/mol. The second-order valence-corrected chi connectivity index (χ2v) is 6.85. The zero-order valence-corrected chi connectivity index (χ0v) is 16.7. The van der Waals surface area contributed by atoms with Crippen LogP contribution in [0, 0.1) is 31.6 Å². The summed E-state index contributed by atoms with van der Waals surface area (Å²) in [6.07, 6.45) is 0.634. The van der Waals surface area contributed by atoms with E-state index in [-0.39, 0.29) is 11.3 Å². The van der Waals surface area contributed by atoms with Gasteiger partial charge in [0.15, 0.2) is 0 Å². The Bertz CT molecular complexity index is 1060. The number of esters is 1. The van der Waals surface area contributed by atoms with Crippen molar-refractivity contribution < 1.29 is 19.4 Å². The number of rotatable bonds is 5. The molecule has 11 heteroatoms. The van der Waals surface area contributed by atoms with Gasteiger partial charge in [-0.2, -0.15) is 5.26 Å². The molecule has 1 fully saturated rings. The van der Waals surface area contributed by atoms with Gasteiger partial charge in [-0.1, -0.05) is 0 Å². The van der Waals surface area contributed by atoms with Crippen LogP contribution in [0.25, 0.3) is 0 Å². The molecule has 2 aromatic carbocycles. The van der Waals surface area contributed by atoms with Crippen molar-refractivity contribution in [2.75, 3.05) is 43.1 Å². The minimum atomic E-state index is -0.880. The maximum Gasteiger partial charge on any atom is 0.340 e. The standard InChI is InChI=1S/C20H19N5O6/c1-31-20(26)17-11-16(24(27)28)12-18(25(29)30)19(17)23-8-2-7-22(9-10-23)15-5-3-14(13-21)4-6-15/h3-6,11-12H,2,7-10H2,1H3. The molecule has 2 aromatic rings. The highest BCUT2D eigenvalue weighted by molar-refractivity contribution is 5.99. The fourth-order valence-electron chi connectivity index (χ4n) is 3.59. The maximum absolute atomic E-state index is 12.3. The van der Waals surface area contributed by atoms with Gasteiger partial charge in [0, 0.05) is 37.9 Å². The first-order valence-electron chi connectivity index (χ1n) is 9.41. The van der Waals surface area contributed by atoms with Gasteiger partial charge in [0.2, 0.25) is 0 Å². The van der Waals surface area contributed by atoms with Crippen molar-refractivity contribution >= 4 is 28.7 Å². The Balaban J connectivity index is 1.97. The first-order chi connectivity index (χ1) is 14.8. The van der Waals surface area contributed by atoms with Crippen LogP contribution in [-0.4, -0.2) is 49.1 Å². The van der Waals surface area contributed by atoms with Crippen LogP contribution in [0.15, 0.2) is 36.4 Å². The molecule has 0 spiro atoms. The van der Waals surface area contributed by atoms with Crippen LogP contribution in [-0.2, 0) is 4.74 Å². The van der Waals surface area contributed by atoms with Crippen LogP contribution in [0.4, 0.5) is 22.7 Å². The lowest BCUT2D eigenvalue weighted by molar-refractivity contribution is -0.393. The molecule has 1 heterocycles. The number of nitro benzene ring substituents is 2. The number of carbonyl (C=O) groups is 1. The number of nitrogens with zero attached hydrogens (tertiary/aromatic N) is 5. The fraction of sp³-hybridized carbons (Fsp3) is 0.300. The van der Waals surface area contributed by atoms with E-state index in [9.17, 15) is 25.0 Å². The van der Waals surface area contributed by atoms with Crippen LogP contribution >= 0.6 is 0 Å². The number of nitriles is 1. The smallest absolute Gasteiger partial charge is 0.340 e. The topological polar surface area (TPSA) is 143 Å². The van der Waals surface area contributed by atoms with E-state index < -0.39 is 27.2 Å². The Hall–Kier alpha value is -4.20. The SMILES string of the molecule is COC(=O)c1cc([N+](=O)[O-])cc([N+](=O)[O-])c1N1CCCN(c2ccc(C#N)cc2)CC1. The molecule has 1 aliphatic heterocycles. The molecular formula is C20H19N5O6. The third kappa shape index (κ3) is 4.53. The number of carbonyl (C=O) groups excluding carboxylic acids is 1. The summed E-state index contributed by atoms with van der Waals surface area (Å²) < 4.78 is 4.73. The van der Waals surface area contributed by atoms with Crippen molar-refractivity contribution in [1.29, 1.82) is 5.26 Å². The molecule has 1 saturated heterocycles. The van der Waals surface area contributed by atoms with Crippen LogP contribution in [0.5, 0.6) is 0 Å². The van der Waals surface area contributed by atoms with Gasteiger partial charge in [-0.15, -0.1) is 0 Å². The van der Waals surface area contributed by atoms with Gasteiger partial charge >= 0.3 is 5.97 Å². The highest BCUT2D eigenvalue weighted by Gasteiger charge is 2.32. The van der Waals surface area contributed by atoms with Crippen molar-refractivity contribution in [1.82, 2.24) is 0 Å². The maximum atomic E-state index is 12.3. The molecule has 3 rings (SSSR count). The van der Waals surface area contributed by atoms with Gasteiger partial charge in [-0.25, -0.2) is 4.79 Å². The normalized spacial score (nSPS) is 13.8. The summed E-state index contributed by atoms with van der Waals surface area (Å²) in [6.45, 7) is 1.93. The van der Waals surface area contributed by atoms with E-state index in [0.29, 0.717) is 38.2 Å². The third-order valence-electron chi connectivity index (χ3n) is 5.06. The van der Waals surface area contributed by atoms with Gasteiger partial charge in [-0.3, -0.25) is 20.2 Å². The summed E-state index contributed by atoms with van der Waals surface area (Å²) in [6, 6.07) is 11.0. The second kappa shape index (κ2) is 9.08. The molecule has 0 saturated carbocycles. The van der Waals surface area contributed by atoms with Crippen LogP contribution < -0.4 is 9.80 Å². The zero-order valence-electron chi connectivity index (χ0n) is 16.7. The lowest BCUT2D eigenvalue weighted by atomic mass is 10.1. The molecule has 11 nitrogen and oxygen atoms in total. The quantitative estimate of drug-likeness (QED) is 0.401. The van der Waals surface area contributed by atoms with E-state index >= 15 is 0 Å². The molecule has 0 bridgehead atoms. The first-order valence-corrected chi connectivity index (χ1v) is 9.41. The van der Waals surface area contributed by atoms with Gasteiger partial charge in [0.05, 0.1) is 40.2 Å². The molecule has 0 atom stereocenters. The number of methoxy groups -OCH3 is 1. The Morgan fingerprint density at radius 1 is 1.03 bits per heavy atom. The second-order valence-electron chi connectivity index (χ2n) is 6.85. The van der Waals surface area contributed by atoms with E-state index in [4.69, 9.17) is 10.00 Å². The molecule has 0 aliphatic carbocycles. The van der Waals surface area contributed by atoms with E-state index in [2.05, 4.69) is 11.0 Å². The van der Waals surface area contributed by atoms with Gasteiger partial charge in [0.25, 0.3) is 11.4 Å². The lowest BCUT2D eigenvalue weighted by Crippen LogP contribution is -2.32. The largest absolute Gasteiger partial charge is 0.465 e. The van der Waals surface area contributed by atoms with Crippen LogP contribution in [0.1, 0.15) is 22.3 Å². The molecule has 160 valence electrons. The Kier molecular flexibility index (Phi) is 6.30. The number of hydrogen-bond donors (Lipinski definition) is 0. The Labute approximate surface area is 177 Å². The zero-order chi connectivity index (χ0) is 22.5. The van der Waals surface area contributed by atoms with Crippen LogP contribution in [0.3, 0.4) is 0 Å². The summed E-state index contributed by atoms with van der Waals surface area (Å²) >= 11 is 0. The minimum absolute atomic E-state index is 0.0177. The van der Waals surface area contributed by atoms with Crippen molar-refractivity contribution in [3.05, 3.63) is 67.8 Å². The van der Waals surface area contributed by atoms with Crippen molar-refractivity contribution in [3.8, 4) is 6.07 Å². The Morgan fingerprint density at radius 3 is 2.26 bits per heavy atom. The molecule has 0 unspecified atom stereocenters. The molecule has 0 amide bonds. The Morgan fingerprint density at radius 2 is 1.68 bits per heavy atom. The van der Waals surface area contributed by atoms with E-state index in [1.54, 1.807) is 17.0 Å². The number of hydrogen-bond acceptors (Lipinski definition) is 9. The molecule has 1 aliphatic rings. The predicted molar refractivity (Wildman–Crippen MR) is 111 cm³/mol. The van der Waals surface area contributed by atoms with E-state index in [0.717, 1.165) is 24.9 Å². The van der Waals surface area contributed by atoms with Gasteiger partial charge < -0.3 is 14.5 Å². The number of benzene rings is 2. The first kappa shape index (κ1) is 21.5. The summed E-state index contributed by atoms with van der Waals surface area (Å²) in [4.78, 5) is 37.5. The number of non-ortho nitro benzene ring substituents is 1. The van der Waals surface area contributed by atoms with Crippen molar-refractivity contribution in [3.63, 3.8) is 0 Å². The molecular weight excluding hydrogens is 406 g/mol. The third-order valence-corrected chi connectivity index (χ3v) is 5.06. The fourth-order valence-corrected chi connectivity index (χ4v) is 3.59. The van der Waals surface area contributed by atoms with Crippen LogP contribution in [0.2, 0.25) is 0 Å². The summed E-state index contributed by atoms with van der Waals surface area (Å²) in [5.74, 6) is -0.880. The number of anilines is 2. The highest BCUT2D eigenvalue weighted by atomic mass is 16.6. The summed E-state index contributed by atoms with van der Waals surface area (Å²) in [7, 11) is 1.12. The average Bonchev–Trinajstić information content (AvgIpc) is 3.03. The molecule has 31 heavy (non-hydrogen) atoms. The molecule has 0 N–H and O–H groups in total. The monoisotopic (exact) mass is 425 g/mol. The highest BCUT2D eigenvalue weighted by Crippen LogP contribution is 2.37. The number of nitro groups is 2. The minimum Gasteiger partial charge on any atom is -0.465 e. The van der Waals surface area contributed by atoms with E-state index in [1.807, 2.05) is 12.1 Å².